The lowest BCUT2D eigenvalue weighted by Crippen LogP contribution is -2.34. The number of rotatable bonds is 5. The van der Waals surface area contributed by atoms with Crippen LogP contribution in [0.15, 0.2) is 45.9 Å². The molecule has 1 unspecified atom stereocenters. The third-order valence-corrected chi connectivity index (χ3v) is 5.13. The van der Waals surface area contributed by atoms with E-state index in [0.29, 0.717) is 11.3 Å². The monoisotopic (exact) mass is 306 g/mol. The second-order valence-electron chi connectivity index (χ2n) is 5.30. The Morgan fingerprint density at radius 1 is 1.38 bits per heavy atom. The van der Waals surface area contributed by atoms with Crippen LogP contribution in [0, 0.1) is 0 Å². The molecule has 0 radical (unpaired) electrons. The largest absolute Gasteiger partial charge is 0.469 e. The lowest BCUT2D eigenvalue weighted by atomic mass is 10.2. The molecule has 0 aliphatic carbocycles. The quantitative estimate of drug-likeness (QED) is 0.888. The number of furan rings is 1. The van der Waals surface area contributed by atoms with E-state index in [2.05, 4.69) is 10.0 Å². The molecular formula is C15H18N2O3S. The summed E-state index contributed by atoms with van der Waals surface area (Å²) in [5, 5.41) is 3.22. The standard InChI is InChI=1S/C15H18N2O3S/c1-11(9-13-3-2-8-20-13)17-21(18,19)14-4-5-15-12(10-14)6-7-16-15/h2-5,8,10-11,16-17H,6-7,9H2,1H3. The van der Waals surface area contributed by atoms with Gasteiger partial charge >= 0.3 is 0 Å². The smallest absolute Gasteiger partial charge is 0.240 e. The van der Waals surface area contributed by atoms with Crippen LogP contribution >= 0.6 is 0 Å². The van der Waals surface area contributed by atoms with Crippen LogP contribution in [0.1, 0.15) is 18.2 Å². The molecule has 0 fully saturated rings. The second kappa shape index (κ2) is 5.54. The summed E-state index contributed by atoms with van der Waals surface area (Å²) in [6.07, 6.45) is 2.98. The number of hydrogen-bond donors (Lipinski definition) is 2. The predicted octanol–water partition coefficient (Wildman–Crippen LogP) is 2.16. The van der Waals surface area contributed by atoms with Gasteiger partial charge in [0, 0.05) is 24.7 Å². The van der Waals surface area contributed by atoms with Gasteiger partial charge < -0.3 is 9.73 Å². The minimum atomic E-state index is -3.50. The van der Waals surface area contributed by atoms with Gasteiger partial charge in [0.15, 0.2) is 0 Å². The van der Waals surface area contributed by atoms with Crippen LogP contribution in [-0.2, 0) is 22.9 Å². The molecule has 2 N–H and O–H groups in total. The molecule has 2 heterocycles. The maximum atomic E-state index is 12.4. The molecule has 1 aromatic heterocycles. The van der Waals surface area contributed by atoms with Crippen LogP contribution < -0.4 is 10.0 Å². The molecule has 0 saturated carbocycles. The fourth-order valence-electron chi connectivity index (χ4n) is 2.55. The summed E-state index contributed by atoms with van der Waals surface area (Å²) in [5.74, 6) is 0.767. The highest BCUT2D eigenvalue weighted by Gasteiger charge is 2.20. The Hall–Kier alpha value is -1.79. The minimum absolute atomic E-state index is 0.229. The Kier molecular flexibility index (Phi) is 3.73. The van der Waals surface area contributed by atoms with Crippen molar-refractivity contribution in [2.75, 3.05) is 11.9 Å². The van der Waals surface area contributed by atoms with Gasteiger partial charge in [-0.25, -0.2) is 13.1 Å². The lowest BCUT2D eigenvalue weighted by molar-refractivity contribution is 0.479. The normalized spacial score (nSPS) is 15.5. The van der Waals surface area contributed by atoms with E-state index in [-0.39, 0.29) is 6.04 Å². The lowest BCUT2D eigenvalue weighted by Gasteiger charge is -2.13. The van der Waals surface area contributed by atoms with Gasteiger partial charge in [-0.15, -0.1) is 0 Å². The van der Waals surface area contributed by atoms with Crippen molar-refractivity contribution < 1.29 is 12.8 Å². The van der Waals surface area contributed by atoms with Gasteiger partial charge in [0.2, 0.25) is 10.0 Å². The van der Waals surface area contributed by atoms with Gasteiger partial charge in [0.1, 0.15) is 5.76 Å². The van der Waals surface area contributed by atoms with Gasteiger partial charge in [0.05, 0.1) is 11.2 Å². The zero-order valence-electron chi connectivity index (χ0n) is 11.8. The number of benzene rings is 1. The first kappa shape index (κ1) is 14.2. The number of sulfonamides is 1. The van der Waals surface area contributed by atoms with E-state index in [1.54, 1.807) is 24.5 Å². The number of nitrogens with one attached hydrogen (secondary N) is 2. The molecule has 0 bridgehead atoms. The van der Waals surface area contributed by atoms with Gasteiger partial charge in [-0.05, 0) is 49.2 Å². The zero-order valence-corrected chi connectivity index (χ0v) is 12.6. The van der Waals surface area contributed by atoms with Gasteiger partial charge in [-0.3, -0.25) is 0 Å². The zero-order chi connectivity index (χ0) is 14.9. The third-order valence-electron chi connectivity index (χ3n) is 3.54. The van der Waals surface area contributed by atoms with E-state index in [9.17, 15) is 8.42 Å². The molecule has 2 aromatic rings. The first-order chi connectivity index (χ1) is 10.0. The van der Waals surface area contributed by atoms with Crippen molar-refractivity contribution in [3.05, 3.63) is 47.9 Å². The molecule has 6 heteroatoms. The highest BCUT2D eigenvalue weighted by molar-refractivity contribution is 7.89. The van der Waals surface area contributed by atoms with Crippen LogP contribution in [-0.4, -0.2) is 21.0 Å². The SMILES string of the molecule is CC(Cc1ccco1)NS(=O)(=O)c1ccc2c(c1)CCN2. The van der Waals surface area contributed by atoms with Crippen molar-refractivity contribution in [3.8, 4) is 0 Å². The maximum absolute atomic E-state index is 12.4. The molecule has 21 heavy (non-hydrogen) atoms. The summed E-state index contributed by atoms with van der Waals surface area (Å²) in [6.45, 7) is 2.69. The Balaban J connectivity index is 1.74. The number of fused-ring (bicyclic) bond motifs is 1. The fourth-order valence-corrected chi connectivity index (χ4v) is 3.85. The third kappa shape index (κ3) is 3.11. The molecule has 0 spiro atoms. The van der Waals surface area contributed by atoms with Crippen molar-refractivity contribution >= 4 is 15.7 Å². The van der Waals surface area contributed by atoms with E-state index in [4.69, 9.17) is 4.42 Å². The molecule has 0 saturated heterocycles. The van der Waals surface area contributed by atoms with E-state index in [1.165, 1.54) is 0 Å². The van der Waals surface area contributed by atoms with Crippen LogP contribution in [0.5, 0.6) is 0 Å². The van der Waals surface area contributed by atoms with Crippen LogP contribution in [0.4, 0.5) is 5.69 Å². The van der Waals surface area contributed by atoms with Crippen LogP contribution in [0.3, 0.4) is 0 Å². The van der Waals surface area contributed by atoms with Crippen molar-refractivity contribution in [3.63, 3.8) is 0 Å². The van der Waals surface area contributed by atoms with Crippen molar-refractivity contribution in [2.24, 2.45) is 0 Å². The summed E-state index contributed by atoms with van der Waals surface area (Å²) in [7, 11) is -3.50. The minimum Gasteiger partial charge on any atom is -0.469 e. The first-order valence-corrected chi connectivity index (χ1v) is 8.44. The predicted molar refractivity (Wildman–Crippen MR) is 80.8 cm³/mol. The fraction of sp³-hybridized carbons (Fsp3) is 0.333. The average Bonchev–Trinajstić information content (AvgIpc) is 3.07. The van der Waals surface area contributed by atoms with Crippen LogP contribution in [0.2, 0.25) is 0 Å². The molecule has 1 atom stereocenters. The molecule has 1 aromatic carbocycles. The van der Waals surface area contributed by atoms with Crippen molar-refractivity contribution in [2.45, 2.75) is 30.7 Å². The summed E-state index contributed by atoms with van der Waals surface area (Å²) < 4.78 is 32.8. The number of hydrogen-bond acceptors (Lipinski definition) is 4. The topological polar surface area (TPSA) is 71.3 Å². The van der Waals surface area contributed by atoms with Gasteiger partial charge in [-0.1, -0.05) is 0 Å². The molecular weight excluding hydrogens is 288 g/mol. The average molecular weight is 306 g/mol. The van der Waals surface area contributed by atoms with Gasteiger partial charge in [0.25, 0.3) is 0 Å². The maximum Gasteiger partial charge on any atom is 0.240 e. The molecule has 112 valence electrons. The molecule has 1 aliphatic rings. The Morgan fingerprint density at radius 3 is 3.00 bits per heavy atom. The molecule has 3 rings (SSSR count). The van der Waals surface area contributed by atoms with E-state index >= 15 is 0 Å². The Bertz CT molecular complexity index is 723. The molecule has 1 aliphatic heterocycles. The Morgan fingerprint density at radius 2 is 2.24 bits per heavy atom. The first-order valence-electron chi connectivity index (χ1n) is 6.96. The number of anilines is 1. The Labute approximate surface area is 124 Å². The summed E-state index contributed by atoms with van der Waals surface area (Å²) in [5.41, 5.74) is 2.08. The second-order valence-corrected chi connectivity index (χ2v) is 7.02. The molecule has 5 nitrogen and oxygen atoms in total. The highest BCUT2D eigenvalue weighted by atomic mass is 32.2. The van der Waals surface area contributed by atoms with E-state index in [1.807, 2.05) is 19.1 Å². The summed E-state index contributed by atoms with van der Waals surface area (Å²) >= 11 is 0. The molecule has 0 amide bonds. The van der Waals surface area contributed by atoms with Crippen LogP contribution in [0.25, 0.3) is 0 Å². The van der Waals surface area contributed by atoms with E-state index in [0.717, 1.165) is 30.0 Å². The summed E-state index contributed by atoms with van der Waals surface area (Å²) in [4.78, 5) is 0.316. The van der Waals surface area contributed by atoms with Crippen molar-refractivity contribution in [1.29, 1.82) is 0 Å². The summed E-state index contributed by atoms with van der Waals surface area (Å²) in [6, 6.07) is 8.62. The highest BCUT2D eigenvalue weighted by Crippen LogP contribution is 2.25. The van der Waals surface area contributed by atoms with Gasteiger partial charge in [-0.2, -0.15) is 0 Å². The van der Waals surface area contributed by atoms with E-state index < -0.39 is 10.0 Å². The van der Waals surface area contributed by atoms with Crippen molar-refractivity contribution in [1.82, 2.24) is 4.72 Å².